The van der Waals surface area contributed by atoms with Crippen molar-refractivity contribution in [3.05, 3.63) is 34.8 Å². The number of rotatable bonds is 4. The van der Waals surface area contributed by atoms with E-state index in [1.54, 1.807) is 6.20 Å². The monoisotopic (exact) mass is 341 g/mol. The average molecular weight is 343 g/mol. The van der Waals surface area contributed by atoms with E-state index in [2.05, 4.69) is 36.0 Å². The summed E-state index contributed by atoms with van der Waals surface area (Å²) in [5.41, 5.74) is 1.63. The molecule has 6 nitrogen and oxygen atoms in total. The number of halogens is 2. The topological polar surface area (TPSA) is 69.6 Å². The van der Waals surface area contributed by atoms with Gasteiger partial charge in [-0.2, -0.15) is 4.98 Å². The molecule has 0 atom stereocenters. The van der Waals surface area contributed by atoms with Crippen molar-refractivity contribution in [1.29, 1.82) is 0 Å². The molecule has 0 unspecified atom stereocenters. The zero-order chi connectivity index (χ0) is 13.2. The molecule has 3 rings (SSSR count). The van der Waals surface area contributed by atoms with E-state index in [1.807, 2.05) is 10.6 Å². The lowest BCUT2D eigenvalue weighted by Gasteiger charge is -2.04. The number of hydrogen-bond acceptors (Lipinski definition) is 5. The Labute approximate surface area is 121 Å². The molecule has 3 aromatic rings. The van der Waals surface area contributed by atoms with Gasteiger partial charge in [0.2, 0.25) is 6.39 Å². The Morgan fingerprint density at radius 2 is 2.26 bits per heavy atom. The molecule has 0 N–H and O–H groups in total. The van der Waals surface area contributed by atoms with Gasteiger partial charge in [-0.25, -0.2) is 9.97 Å². The van der Waals surface area contributed by atoms with Crippen LogP contribution in [0.4, 0.5) is 0 Å². The molecule has 3 aromatic heterocycles. The van der Waals surface area contributed by atoms with Crippen molar-refractivity contribution < 1.29 is 4.52 Å². The van der Waals surface area contributed by atoms with E-state index in [1.165, 1.54) is 6.39 Å². The Kier molecular flexibility index (Phi) is 3.48. The minimum absolute atomic E-state index is 0.334. The average Bonchev–Trinajstić information content (AvgIpc) is 3.02. The van der Waals surface area contributed by atoms with E-state index in [9.17, 15) is 0 Å². The summed E-state index contributed by atoms with van der Waals surface area (Å²) in [6, 6.07) is 1.92. The Bertz CT molecular complexity index is 696. The third kappa shape index (κ3) is 2.48. The molecule has 0 fully saturated rings. The minimum atomic E-state index is 0.334. The number of hydrogen-bond donors (Lipinski definition) is 0. The van der Waals surface area contributed by atoms with Crippen LogP contribution < -0.4 is 0 Å². The molecule has 0 amide bonds. The van der Waals surface area contributed by atoms with E-state index in [0.717, 1.165) is 21.5 Å². The number of aromatic nitrogens is 5. The summed E-state index contributed by atoms with van der Waals surface area (Å²) < 4.78 is 7.58. The van der Waals surface area contributed by atoms with Gasteiger partial charge < -0.3 is 9.09 Å². The van der Waals surface area contributed by atoms with Gasteiger partial charge in [-0.1, -0.05) is 5.16 Å². The number of aryl methyl sites for hydroxylation is 2. The SMILES string of the molecule is ClCc1nc2cc(Br)cnc2n1CCc1ncon1. The highest BCUT2D eigenvalue weighted by atomic mass is 79.9. The third-order valence-electron chi connectivity index (χ3n) is 2.72. The standard InChI is InChI=1S/C11H9BrClN5O/c12-7-3-8-11(14-5-7)18(10(4-13)16-8)2-1-9-15-6-19-17-9/h3,5-6H,1-2,4H2. The maximum Gasteiger partial charge on any atom is 0.213 e. The van der Waals surface area contributed by atoms with Crippen molar-refractivity contribution >= 4 is 38.7 Å². The quantitative estimate of drug-likeness (QED) is 0.682. The van der Waals surface area contributed by atoms with Crippen LogP contribution in [0.1, 0.15) is 11.6 Å². The normalized spacial score (nSPS) is 11.3. The third-order valence-corrected chi connectivity index (χ3v) is 3.39. The Hall–Kier alpha value is -1.47. The summed E-state index contributed by atoms with van der Waals surface area (Å²) in [7, 11) is 0. The summed E-state index contributed by atoms with van der Waals surface area (Å²) in [4.78, 5) is 12.8. The van der Waals surface area contributed by atoms with Gasteiger partial charge in [-0.05, 0) is 22.0 Å². The second kappa shape index (κ2) is 5.26. The van der Waals surface area contributed by atoms with Gasteiger partial charge in [-0.15, -0.1) is 11.6 Å². The molecule has 0 spiro atoms. The number of alkyl halides is 1. The highest BCUT2D eigenvalue weighted by Crippen LogP contribution is 2.19. The largest absolute Gasteiger partial charge is 0.343 e. The van der Waals surface area contributed by atoms with Gasteiger partial charge in [0.1, 0.15) is 11.3 Å². The first kappa shape index (κ1) is 12.6. The number of fused-ring (bicyclic) bond motifs is 1. The molecule has 3 heterocycles. The van der Waals surface area contributed by atoms with Crippen molar-refractivity contribution in [2.45, 2.75) is 18.8 Å². The van der Waals surface area contributed by atoms with Crippen LogP contribution in [0.3, 0.4) is 0 Å². The lowest BCUT2D eigenvalue weighted by atomic mass is 10.4. The molecule has 0 bridgehead atoms. The molecule has 0 saturated carbocycles. The first-order chi connectivity index (χ1) is 9.28. The molecule has 0 aliphatic rings. The fraction of sp³-hybridized carbons (Fsp3) is 0.273. The van der Waals surface area contributed by atoms with Crippen LogP contribution in [0.2, 0.25) is 0 Å². The smallest absolute Gasteiger partial charge is 0.213 e. The highest BCUT2D eigenvalue weighted by Gasteiger charge is 2.12. The van der Waals surface area contributed by atoms with Gasteiger partial charge >= 0.3 is 0 Å². The number of nitrogens with zero attached hydrogens (tertiary/aromatic N) is 5. The van der Waals surface area contributed by atoms with Gasteiger partial charge in [0.15, 0.2) is 11.5 Å². The van der Waals surface area contributed by atoms with Crippen LogP contribution in [-0.2, 0) is 18.8 Å². The van der Waals surface area contributed by atoms with Gasteiger partial charge in [0, 0.05) is 23.6 Å². The van der Waals surface area contributed by atoms with Crippen molar-refractivity contribution in [3.8, 4) is 0 Å². The van der Waals surface area contributed by atoms with E-state index in [4.69, 9.17) is 16.1 Å². The first-order valence-corrected chi connectivity index (χ1v) is 6.92. The van der Waals surface area contributed by atoms with Crippen LogP contribution in [-0.4, -0.2) is 24.7 Å². The summed E-state index contributed by atoms with van der Waals surface area (Å²) in [6.07, 6.45) is 3.70. The van der Waals surface area contributed by atoms with Crippen molar-refractivity contribution in [1.82, 2.24) is 24.7 Å². The van der Waals surface area contributed by atoms with Gasteiger partial charge in [-0.3, -0.25) is 0 Å². The maximum atomic E-state index is 5.93. The summed E-state index contributed by atoms with van der Waals surface area (Å²) >= 11 is 9.31. The minimum Gasteiger partial charge on any atom is -0.343 e. The Balaban J connectivity index is 1.96. The summed E-state index contributed by atoms with van der Waals surface area (Å²) in [5, 5.41) is 3.78. The Morgan fingerprint density at radius 1 is 1.37 bits per heavy atom. The first-order valence-electron chi connectivity index (χ1n) is 5.60. The zero-order valence-corrected chi connectivity index (χ0v) is 12.1. The molecular weight excluding hydrogens is 334 g/mol. The lowest BCUT2D eigenvalue weighted by molar-refractivity contribution is 0.408. The van der Waals surface area contributed by atoms with E-state index >= 15 is 0 Å². The predicted molar refractivity (Wildman–Crippen MR) is 72.8 cm³/mol. The van der Waals surface area contributed by atoms with Crippen LogP contribution in [0.15, 0.2) is 27.7 Å². The number of imidazole rings is 1. The van der Waals surface area contributed by atoms with Crippen LogP contribution >= 0.6 is 27.5 Å². The zero-order valence-electron chi connectivity index (χ0n) is 9.75. The second-order valence-electron chi connectivity index (χ2n) is 3.91. The van der Waals surface area contributed by atoms with Crippen molar-refractivity contribution in [3.63, 3.8) is 0 Å². The second-order valence-corrected chi connectivity index (χ2v) is 5.09. The predicted octanol–water partition coefficient (Wildman–Crippen LogP) is 2.56. The molecule has 0 aliphatic heterocycles. The number of pyridine rings is 1. The molecular formula is C11H9BrClN5O. The van der Waals surface area contributed by atoms with Crippen LogP contribution in [0.25, 0.3) is 11.2 Å². The molecule has 0 saturated heterocycles. The molecule has 98 valence electrons. The van der Waals surface area contributed by atoms with Crippen molar-refractivity contribution in [2.75, 3.05) is 0 Å². The van der Waals surface area contributed by atoms with E-state index in [-0.39, 0.29) is 0 Å². The summed E-state index contributed by atoms with van der Waals surface area (Å²) in [6.45, 7) is 0.659. The van der Waals surface area contributed by atoms with Crippen molar-refractivity contribution in [2.24, 2.45) is 0 Å². The van der Waals surface area contributed by atoms with E-state index in [0.29, 0.717) is 24.7 Å². The van der Waals surface area contributed by atoms with Crippen LogP contribution in [0.5, 0.6) is 0 Å². The molecule has 19 heavy (non-hydrogen) atoms. The highest BCUT2D eigenvalue weighted by molar-refractivity contribution is 9.10. The molecule has 0 aromatic carbocycles. The molecule has 8 heteroatoms. The molecule has 0 radical (unpaired) electrons. The summed E-state index contributed by atoms with van der Waals surface area (Å²) in [5.74, 6) is 1.77. The fourth-order valence-corrected chi connectivity index (χ4v) is 2.41. The van der Waals surface area contributed by atoms with Gasteiger partial charge in [0.25, 0.3) is 0 Å². The van der Waals surface area contributed by atoms with Gasteiger partial charge in [0.05, 0.1) is 5.88 Å². The van der Waals surface area contributed by atoms with Crippen LogP contribution in [0, 0.1) is 0 Å². The maximum absolute atomic E-state index is 5.93. The van der Waals surface area contributed by atoms with E-state index < -0.39 is 0 Å². The molecule has 0 aliphatic carbocycles. The lowest BCUT2D eigenvalue weighted by Crippen LogP contribution is -2.06. The Morgan fingerprint density at radius 3 is 3.00 bits per heavy atom. The fourth-order valence-electron chi connectivity index (χ4n) is 1.88.